The molecule has 8 rings (SSSR count). The number of anilines is 1. The number of morpholine rings is 1. The first-order valence-corrected chi connectivity index (χ1v) is 20.5. The molecule has 6 aromatic rings. The lowest BCUT2D eigenvalue weighted by Gasteiger charge is -2.35. The van der Waals surface area contributed by atoms with E-state index in [-0.39, 0.29) is 17.6 Å². The number of aromatic nitrogens is 4. The van der Waals surface area contributed by atoms with Crippen molar-refractivity contribution in [3.63, 3.8) is 0 Å². The van der Waals surface area contributed by atoms with E-state index in [4.69, 9.17) is 42.6 Å². The number of benzene rings is 3. The van der Waals surface area contributed by atoms with Crippen LogP contribution in [0.4, 0.5) is 5.69 Å². The summed E-state index contributed by atoms with van der Waals surface area (Å²) in [5, 5.41) is 13.0. The van der Waals surface area contributed by atoms with Crippen molar-refractivity contribution < 1.29 is 24.2 Å². The van der Waals surface area contributed by atoms with Crippen molar-refractivity contribution in [2.75, 3.05) is 44.4 Å². The average molecular weight is 824 g/mol. The minimum absolute atomic E-state index is 0.156. The van der Waals surface area contributed by atoms with Crippen LogP contribution in [-0.4, -0.2) is 80.4 Å². The van der Waals surface area contributed by atoms with Crippen LogP contribution in [0.25, 0.3) is 32.9 Å². The third-order valence-electron chi connectivity index (χ3n) is 11.6. The molecule has 13 heteroatoms. The molecule has 0 bridgehead atoms. The zero-order valence-corrected chi connectivity index (χ0v) is 35.5. The lowest BCUT2D eigenvalue weighted by atomic mass is 9.97. The minimum atomic E-state index is -1.03. The Labute approximate surface area is 348 Å². The molecule has 2 aliphatic heterocycles. The molecule has 1 amide bonds. The first-order chi connectivity index (χ1) is 27.7. The van der Waals surface area contributed by atoms with Gasteiger partial charge in [-0.05, 0) is 113 Å². The number of hydrogen-bond donors (Lipinski definition) is 1. The fourth-order valence-corrected chi connectivity index (χ4v) is 9.37. The summed E-state index contributed by atoms with van der Waals surface area (Å²) in [6.07, 6.45) is 1.19. The topological polar surface area (TPSA) is 115 Å². The summed E-state index contributed by atoms with van der Waals surface area (Å²) < 4.78 is 15.6. The highest BCUT2D eigenvalue weighted by Gasteiger charge is 2.38. The van der Waals surface area contributed by atoms with Gasteiger partial charge in [0.05, 0.1) is 48.1 Å². The van der Waals surface area contributed by atoms with Gasteiger partial charge in [0.25, 0.3) is 5.91 Å². The SMILES string of the molecule is Cc1cc(N2C[C@@H](C)n3c(c(CCCOc4cc(C)c(Cl)c(C)c4)c4ccc(Cl)c(-c5c(C)nc(CN6CCOCC6)nc5C)c43)C2=O)c2c(c1)cc(C(=O)O)n2C. The molecule has 302 valence electrons. The number of amides is 1. The number of ether oxygens (including phenoxy) is 2. The van der Waals surface area contributed by atoms with Gasteiger partial charge in [-0.3, -0.25) is 9.69 Å². The molecule has 2 aliphatic rings. The van der Waals surface area contributed by atoms with E-state index < -0.39 is 5.97 Å². The molecule has 0 aliphatic carbocycles. The van der Waals surface area contributed by atoms with E-state index in [1.54, 1.807) is 17.7 Å². The number of carbonyl (C=O) groups is 2. The van der Waals surface area contributed by atoms with Crippen molar-refractivity contribution in [1.82, 2.24) is 24.0 Å². The summed E-state index contributed by atoms with van der Waals surface area (Å²) in [6, 6.07) is 13.3. The van der Waals surface area contributed by atoms with Gasteiger partial charge in [-0.2, -0.15) is 0 Å². The van der Waals surface area contributed by atoms with Gasteiger partial charge in [0.2, 0.25) is 0 Å². The number of halogens is 2. The van der Waals surface area contributed by atoms with Crippen LogP contribution in [0.3, 0.4) is 0 Å². The quantitative estimate of drug-likeness (QED) is 0.136. The van der Waals surface area contributed by atoms with Crippen molar-refractivity contribution >= 4 is 62.6 Å². The third kappa shape index (κ3) is 7.01. The minimum Gasteiger partial charge on any atom is -0.494 e. The maximum Gasteiger partial charge on any atom is 0.352 e. The van der Waals surface area contributed by atoms with Gasteiger partial charge in [0.1, 0.15) is 23.0 Å². The highest BCUT2D eigenvalue weighted by molar-refractivity contribution is 6.35. The molecule has 1 saturated heterocycles. The molecule has 0 spiro atoms. The van der Waals surface area contributed by atoms with Gasteiger partial charge < -0.3 is 28.6 Å². The van der Waals surface area contributed by atoms with E-state index in [9.17, 15) is 9.90 Å². The molecule has 3 aromatic heterocycles. The van der Waals surface area contributed by atoms with Crippen molar-refractivity contribution in [3.8, 4) is 16.9 Å². The van der Waals surface area contributed by atoms with Crippen molar-refractivity contribution in [1.29, 1.82) is 0 Å². The fourth-order valence-electron chi connectivity index (χ4n) is 9.02. The van der Waals surface area contributed by atoms with Crippen molar-refractivity contribution in [2.45, 2.75) is 67.0 Å². The number of rotatable bonds is 10. The molecular formula is C45H48Cl2N6O5. The van der Waals surface area contributed by atoms with Crippen LogP contribution in [0, 0.1) is 34.6 Å². The summed E-state index contributed by atoms with van der Waals surface area (Å²) in [7, 11) is 1.74. The molecule has 3 aromatic carbocycles. The lowest BCUT2D eigenvalue weighted by Crippen LogP contribution is -2.43. The highest BCUT2D eigenvalue weighted by atomic mass is 35.5. The number of carboxylic acid groups (broad SMARTS) is 1. The molecule has 5 heterocycles. The van der Waals surface area contributed by atoms with E-state index in [0.717, 1.165) is 90.7 Å². The van der Waals surface area contributed by atoms with Crippen molar-refractivity contribution in [3.05, 3.63) is 103 Å². The Morgan fingerprint density at radius 2 is 1.64 bits per heavy atom. The summed E-state index contributed by atoms with van der Waals surface area (Å²) in [6.45, 7) is 16.5. The molecule has 11 nitrogen and oxygen atoms in total. The summed E-state index contributed by atoms with van der Waals surface area (Å²) in [5.41, 5.74) is 10.0. The normalized spacial score (nSPS) is 16.1. The van der Waals surface area contributed by atoms with Crippen LogP contribution in [0.5, 0.6) is 5.75 Å². The lowest BCUT2D eigenvalue weighted by molar-refractivity contribution is 0.0330. The zero-order valence-electron chi connectivity index (χ0n) is 34.0. The summed E-state index contributed by atoms with van der Waals surface area (Å²) in [4.78, 5) is 41.7. The van der Waals surface area contributed by atoms with Gasteiger partial charge in [-0.25, -0.2) is 14.8 Å². The van der Waals surface area contributed by atoms with Crippen LogP contribution in [0.2, 0.25) is 10.0 Å². The van der Waals surface area contributed by atoms with Crippen LogP contribution < -0.4 is 9.64 Å². The van der Waals surface area contributed by atoms with E-state index in [1.165, 1.54) is 0 Å². The number of nitrogens with zero attached hydrogens (tertiary/aromatic N) is 6. The monoisotopic (exact) mass is 822 g/mol. The largest absolute Gasteiger partial charge is 0.494 e. The van der Waals surface area contributed by atoms with Gasteiger partial charge in [0.15, 0.2) is 0 Å². The predicted molar refractivity (Wildman–Crippen MR) is 229 cm³/mol. The van der Waals surface area contributed by atoms with E-state index in [1.807, 2.05) is 75.9 Å². The molecule has 1 atom stereocenters. The smallest absolute Gasteiger partial charge is 0.352 e. The molecule has 1 fully saturated rings. The van der Waals surface area contributed by atoms with Crippen LogP contribution >= 0.6 is 23.2 Å². The molecule has 0 radical (unpaired) electrons. The second-order valence-electron chi connectivity index (χ2n) is 15.8. The summed E-state index contributed by atoms with van der Waals surface area (Å²) in [5.74, 6) is 0.320. The number of carboxylic acids is 1. The number of fused-ring (bicyclic) bond motifs is 4. The Morgan fingerprint density at radius 3 is 2.31 bits per heavy atom. The Hall–Kier alpha value is -4.94. The van der Waals surface area contributed by atoms with Gasteiger partial charge >= 0.3 is 5.97 Å². The fraction of sp³-hybridized carbons (Fsp3) is 0.378. The standard InChI is InChI=1S/C45H48Cl2N6O5/c1-24-17-30-21-36(45(55)56)50(7)41(30)35(18-24)52-22-27(4)53-42-33(32(43(53)44(52)54)9-8-14-58-31-19-25(2)40(47)26(3)20-31)10-11-34(46)39(42)38-28(5)48-37(49-29(38)6)23-51-12-15-57-16-13-51/h10-11,17-21,27H,8-9,12-16,22-23H2,1-7H3,(H,55,56)/t27-/m1/s1. The van der Waals surface area contributed by atoms with E-state index in [0.29, 0.717) is 67.7 Å². The van der Waals surface area contributed by atoms with E-state index >= 15 is 4.79 Å². The van der Waals surface area contributed by atoms with Crippen molar-refractivity contribution in [2.24, 2.45) is 7.05 Å². The zero-order chi connectivity index (χ0) is 41.2. The Morgan fingerprint density at radius 1 is 0.948 bits per heavy atom. The van der Waals surface area contributed by atoms with Gasteiger partial charge in [-0.1, -0.05) is 29.3 Å². The van der Waals surface area contributed by atoms with Gasteiger partial charge in [0, 0.05) is 71.0 Å². The molecule has 0 saturated carbocycles. The average Bonchev–Trinajstić information content (AvgIpc) is 3.69. The maximum absolute atomic E-state index is 15.3. The van der Waals surface area contributed by atoms with Crippen LogP contribution in [0.15, 0.2) is 42.5 Å². The first-order valence-electron chi connectivity index (χ1n) is 19.8. The second-order valence-corrected chi connectivity index (χ2v) is 16.6. The van der Waals surface area contributed by atoms with Crippen LogP contribution in [-0.2, 0) is 24.8 Å². The van der Waals surface area contributed by atoms with Gasteiger partial charge in [-0.15, -0.1) is 0 Å². The number of aromatic carboxylic acids is 1. The molecular weight excluding hydrogens is 775 g/mol. The third-order valence-corrected chi connectivity index (χ3v) is 12.5. The highest BCUT2D eigenvalue weighted by Crippen LogP contribution is 2.45. The van der Waals surface area contributed by atoms with E-state index in [2.05, 4.69) is 16.4 Å². The number of hydrogen-bond acceptors (Lipinski definition) is 7. The van der Waals surface area contributed by atoms with Crippen LogP contribution in [0.1, 0.15) is 79.8 Å². The summed E-state index contributed by atoms with van der Waals surface area (Å²) >= 11 is 13.7. The first kappa shape index (κ1) is 39.9. The second kappa shape index (κ2) is 15.7. The maximum atomic E-state index is 15.3. The Bertz CT molecular complexity index is 2600. The Kier molecular flexibility index (Phi) is 10.8. The predicted octanol–water partition coefficient (Wildman–Crippen LogP) is 9.20. The number of aryl methyl sites for hydroxylation is 7. The Balaban J connectivity index is 1.26. The molecule has 1 N–H and O–H groups in total. The number of carbonyl (C=O) groups excluding carboxylic acids is 1. The molecule has 58 heavy (non-hydrogen) atoms. The molecule has 0 unspecified atom stereocenters.